The lowest BCUT2D eigenvalue weighted by atomic mass is 10.1. The van der Waals surface area contributed by atoms with Crippen molar-refractivity contribution in [2.45, 2.75) is 22.6 Å². The molecule has 0 saturated carbocycles. The van der Waals surface area contributed by atoms with Crippen LogP contribution >= 0.6 is 11.8 Å². The van der Waals surface area contributed by atoms with Gasteiger partial charge in [-0.1, -0.05) is 12.1 Å². The molecule has 0 spiro atoms. The van der Waals surface area contributed by atoms with E-state index in [2.05, 4.69) is 9.71 Å². The van der Waals surface area contributed by atoms with Crippen molar-refractivity contribution in [3.63, 3.8) is 0 Å². The maximum atomic E-state index is 13.2. The third-order valence-corrected chi connectivity index (χ3v) is 6.50. The summed E-state index contributed by atoms with van der Waals surface area (Å²) >= 11 is 1.28. The molecule has 1 heterocycles. The first-order valence-corrected chi connectivity index (χ1v) is 11.0. The molecule has 0 aliphatic heterocycles. The van der Waals surface area contributed by atoms with E-state index in [4.69, 9.17) is 0 Å². The number of rotatable bonds is 7. The zero-order valence-corrected chi connectivity index (χ0v) is 17.2. The quantitative estimate of drug-likeness (QED) is 0.516. The number of benzene rings is 2. The average Bonchev–Trinajstić information content (AvgIpc) is 2.69. The summed E-state index contributed by atoms with van der Waals surface area (Å²) in [7, 11) is -4.00. The minimum Gasteiger partial charge on any atom is -0.478 e. The van der Waals surface area contributed by atoms with Gasteiger partial charge in [-0.15, -0.1) is 11.8 Å². The molecule has 30 heavy (non-hydrogen) atoms. The molecular formula is C20H16F2N2O4S2. The Kier molecular flexibility index (Phi) is 6.37. The van der Waals surface area contributed by atoms with Crippen LogP contribution in [0.4, 0.5) is 14.5 Å². The molecular weight excluding hydrogens is 434 g/mol. The first kappa shape index (κ1) is 21.7. The second-order valence-corrected chi connectivity index (χ2v) is 8.99. The Hall–Kier alpha value is -2.98. The Morgan fingerprint density at radius 3 is 2.50 bits per heavy atom. The number of carboxylic acids is 1. The number of hydrogen-bond donors (Lipinski definition) is 2. The highest BCUT2D eigenvalue weighted by Crippen LogP contribution is 2.24. The second-order valence-electron chi connectivity index (χ2n) is 6.31. The lowest BCUT2D eigenvalue weighted by molar-refractivity contribution is 0.0696. The van der Waals surface area contributed by atoms with Crippen LogP contribution in [0.5, 0.6) is 0 Å². The van der Waals surface area contributed by atoms with Crippen molar-refractivity contribution in [1.82, 2.24) is 4.98 Å². The summed E-state index contributed by atoms with van der Waals surface area (Å²) in [5.41, 5.74) is 1.13. The number of pyridine rings is 1. The summed E-state index contributed by atoms with van der Waals surface area (Å²) in [4.78, 5) is 15.2. The first-order chi connectivity index (χ1) is 14.2. The van der Waals surface area contributed by atoms with Gasteiger partial charge in [0.2, 0.25) is 0 Å². The standard InChI is InChI=1S/C20H16F2N2O4S2/c1-12-2-5-15(9-16(12)20(25)26)30(27,28)24-14-4-7-19(23-10-14)29-11-13-3-6-17(21)18(22)8-13/h2-10,24H,11H2,1H3,(H,25,26). The molecule has 2 N–H and O–H groups in total. The number of carboxylic acid groups (broad SMARTS) is 1. The van der Waals surface area contributed by atoms with Gasteiger partial charge in [0.1, 0.15) is 0 Å². The fraction of sp³-hybridized carbons (Fsp3) is 0.100. The highest BCUT2D eigenvalue weighted by Gasteiger charge is 2.18. The Morgan fingerprint density at radius 2 is 1.87 bits per heavy atom. The van der Waals surface area contributed by atoms with E-state index in [0.29, 0.717) is 21.9 Å². The van der Waals surface area contributed by atoms with Crippen LogP contribution in [0.1, 0.15) is 21.5 Å². The molecule has 1 aromatic heterocycles. The van der Waals surface area contributed by atoms with Gasteiger partial charge in [0, 0.05) is 5.75 Å². The van der Waals surface area contributed by atoms with Crippen LogP contribution in [0, 0.1) is 18.6 Å². The molecule has 0 aliphatic carbocycles. The number of carbonyl (C=O) groups is 1. The smallest absolute Gasteiger partial charge is 0.335 e. The van der Waals surface area contributed by atoms with Crippen LogP contribution in [-0.4, -0.2) is 24.5 Å². The van der Waals surface area contributed by atoms with E-state index in [0.717, 1.165) is 18.2 Å². The van der Waals surface area contributed by atoms with E-state index in [1.165, 1.54) is 42.2 Å². The number of halogens is 2. The number of hydrogen-bond acceptors (Lipinski definition) is 5. The molecule has 0 saturated heterocycles. The highest BCUT2D eigenvalue weighted by atomic mass is 32.2. The highest BCUT2D eigenvalue weighted by molar-refractivity contribution is 7.98. The molecule has 3 rings (SSSR count). The van der Waals surface area contributed by atoms with E-state index < -0.39 is 27.6 Å². The van der Waals surface area contributed by atoms with Gasteiger partial charge in [0.05, 0.1) is 27.4 Å². The Labute approximate surface area is 176 Å². The molecule has 0 unspecified atom stereocenters. The normalized spacial score (nSPS) is 11.3. The van der Waals surface area contributed by atoms with Crippen molar-refractivity contribution in [2.75, 3.05) is 4.72 Å². The van der Waals surface area contributed by atoms with Crippen molar-refractivity contribution in [3.05, 3.63) is 83.1 Å². The van der Waals surface area contributed by atoms with E-state index >= 15 is 0 Å². The Morgan fingerprint density at radius 1 is 1.10 bits per heavy atom. The number of aromatic carboxylic acids is 1. The number of anilines is 1. The second kappa shape index (κ2) is 8.80. The zero-order valence-electron chi connectivity index (χ0n) is 15.6. The van der Waals surface area contributed by atoms with Crippen LogP contribution in [0.2, 0.25) is 0 Å². The van der Waals surface area contributed by atoms with Gasteiger partial charge in [-0.3, -0.25) is 4.72 Å². The number of nitrogens with zero attached hydrogens (tertiary/aromatic N) is 1. The first-order valence-electron chi connectivity index (χ1n) is 8.55. The van der Waals surface area contributed by atoms with E-state index in [1.807, 2.05) is 0 Å². The van der Waals surface area contributed by atoms with Crippen molar-refractivity contribution in [1.29, 1.82) is 0 Å². The van der Waals surface area contributed by atoms with Gasteiger partial charge >= 0.3 is 5.97 Å². The molecule has 10 heteroatoms. The van der Waals surface area contributed by atoms with Crippen molar-refractivity contribution >= 4 is 33.4 Å². The maximum absolute atomic E-state index is 13.2. The summed E-state index contributed by atoms with van der Waals surface area (Å²) in [5, 5.41) is 9.73. The van der Waals surface area contributed by atoms with E-state index in [-0.39, 0.29) is 16.1 Å². The Bertz CT molecular complexity index is 1200. The molecule has 0 amide bonds. The maximum Gasteiger partial charge on any atom is 0.335 e. The van der Waals surface area contributed by atoms with Crippen molar-refractivity contribution in [2.24, 2.45) is 0 Å². The summed E-state index contributed by atoms with van der Waals surface area (Å²) in [6.45, 7) is 1.58. The molecule has 156 valence electrons. The number of sulfonamides is 1. The van der Waals surface area contributed by atoms with Crippen LogP contribution in [-0.2, 0) is 15.8 Å². The van der Waals surface area contributed by atoms with Crippen LogP contribution in [0.25, 0.3) is 0 Å². The van der Waals surface area contributed by atoms with Crippen LogP contribution in [0.3, 0.4) is 0 Å². The minimum absolute atomic E-state index is 0.0972. The number of aromatic nitrogens is 1. The fourth-order valence-corrected chi connectivity index (χ4v) is 4.38. The van der Waals surface area contributed by atoms with Crippen LogP contribution in [0.15, 0.2) is 64.6 Å². The van der Waals surface area contributed by atoms with E-state index in [9.17, 15) is 27.1 Å². The largest absolute Gasteiger partial charge is 0.478 e. The third-order valence-electron chi connectivity index (χ3n) is 4.11. The van der Waals surface area contributed by atoms with Gasteiger partial charge in [0.25, 0.3) is 10.0 Å². The third kappa shape index (κ3) is 5.14. The average molecular weight is 450 g/mol. The van der Waals surface area contributed by atoms with Gasteiger partial charge in [0.15, 0.2) is 11.6 Å². The predicted molar refractivity (Wildman–Crippen MR) is 109 cm³/mol. The van der Waals surface area contributed by atoms with Crippen molar-refractivity contribution in [3.8, 4) is 0 Å². The molecule has 0 fully saturated rings. The lowest BCUT2D eigenvalue weighted by Crippen LogP contribution is -2.14. The van der Waals surface area contributed by atoms with E-state index in [1.54, 1.807) is 13.0 Å². The van der Waals surface area contributed by atoms with Gasteiger partial charge in [-0.25, -0.2) is 27.0 Å². The molecule has 3 aromatic rings. The van der Waals surface area contributed by atoms with Crippen molar-refractivity contribution < 1.29 is 27.1 Å². The fourth-order valence-electron chi connectivity index (χ4n) is 2.53. The predicted octanol–water partition coefficient (Wildman–Crippen LogP) is 4.46. The molecule has 6 nitrogen and oxygen atoms in total. The molecule has 0 radical (unpaired) electrons. The number of thioether (sulfide) groups is 1. The topological polar surface area (TPSA) is 96.4 Å². The Balaban J connectivity index is 1.69. The number of aryl methyl sites for hydroxylation is 1. The molecule has 0 atom stereocenters. The number of nitrogens with one attached hydrogen (secondary N) is 1. The SMILES string of the molecule is Cc1ccc(S(=O)(=O)Nc2ccc(SCc3ccc(F)c(F)c3)nc2)cc1C(=O)O. The molecule has 0 aliphatic rings. The zero-order chi connectivity index (χ0) is 21.9. The summed E-state index contributed by atoms with van der Waals surface area (Å²) in [5.74, 6) is -2.69. The van der Waals surface area contributed by atoms with Gasteiger partial charge in [-0.05, 0) is 54.4 Å². The summed E-state index contributed by atoms with van der Waals surface area (Å²) in [6.07, 6.45) is 1.32. The lowest BCUT2D eigenvalue weighted by Gasteiger charge is -2.10. The minimum atomic E-state index is -4.00. The summed E-state index contributed by atoms with van der Waals surface area (Å²) < 4.78 is 53.6. The molecule has 0 bridgehead atoms. The molecule has 2 aromatic carbocycles. The monoisotopic (exact) mass is 450 g/mol. The van der Waals surface area contributed by atoms with Gasteiger partial charge < -0.3 is 5.11 Å². The van der Waals surface area contributed by atoms with Crippen LogP contribution < -0.4 is 4.72 Å². The van der Waals surface area contributed by atoms with Gasteiger partial charge in [-0.2, -0.15) is 0 Å². The summed E-state index contributed by atoms with van der Waals surface area (Å²) in [6, 6.07) is 10.6.